The molecule has 3 atom stereocenters. The highest BCUT2D eigenvalue weighted by molar-refractivity contribution is 5.19. The van der Waals surface area contributed by atoms with Gasteiger partial charge in [0.2, 0.25) is 0 Å². The highest BCUT2D eigenvalue weighted by Gasteiger charge is 2.44. The smallest absolute Gasteiger partial charge is 0.0217 e. The van der Waals surface area contributed by atoms with Crippen LogP contribution in [0.25, 0.3) is 0 Å². The normalized spacial score (nSPS) is 38.1. The first-order valence-corrected chi connectivity index (χ1v) is 7.46. The van der Waals surface area contributed by atoms with E-state index in [0.29, 0.717) is 11.5 Å². The maximum atomic E-state index is 2.75. The number of hydrogen-bond donors (Lipinski definition) is 0. The molecule has 0 radical (unpaired) electrons. The van der Waals surface area contributed by atoms with Gasteiger partial charge in [0.1, 0.15) is 0 Å². The van der Waals surface area contributed by atoms with Gasteiger partial charge in [-0.1, -0.05) is 38.2 Å². The van der Waals surface area contributed by atoms with E-state index in [1.807, 2.05) is 0 Å². The van der Waals surface area contributed by atoms with Gasteiger partial charge >= 0.3 is 0 Å². The first-order chi connectivity index (χ1) is 8.34. The van der Waals surface area contributed by atoms with Crippen LogP contribution in [0, 0.1) is 11.3 Å². The maximum absolute atomic E-state index is 2.75. The summed E-state index contributed by atoms with van der Waals surface area (Å²) in [6.07, 6.45) is 13.1. The van der Waals surface area contributed by atoms with Crippen molar-refractivity contribution in [2.24, 2.45) is 11.3 Å². The Balaban J connectivity index is 2.30. The van der Waals surface area contributed by atoms with Crippen molar-refractivity contribution in [2.75, 3.05) is 6.54 Å². The lowest BCUT2D eigenvalue weighted by Crippen LogP contribution is -2.59. The van der Waals surface area contributed by atoms with Crippen molar-refractivity contribution in [3.63, 3.8) is 0 Å². The lowest BCUT2D eigenvalue weighted by atomic mass is 9.68. The predicted octanol–water partition coefficient (Wildman–Crippen LogP) is 4.41. The molecule has 0 N–H and O–H groups in total. The molecule has 1 aliphatic carbocycles. The molecule has 0 aromatic heterocycles. The Labute approximate surface area is 113 Å². The van der Waals surface area contributed by atoms with E-state index in [9.17, 15) is 0 Å². The van der Waals surface area contributed by atoms with E-state index in [1.165, 1.54) is 25.8 Å². The molecule has 1 saturated heterocycles. The highest BCUT2D eigenvalue weighted by Crippen LogP contribution is 2.43. The minimum atomic E-state index is 0.275. The summed E-state index contributed by atoms with van der Waals surface area (Å²) >= 11 is 0. The fourth-order valence-electron chi connectivity index (χ4n) is 3.91. The molecular formula is C17H29N. The standard InChI is InChI=1S/C17H29N/c1-14-10-9-13-18(16(2,3)4)15(14)17(5)11-7-6-8-12-17/h6-8,11,14-15H,9-10,12-13H2,1-5H3/t14-,15+,17?/m0/s1. The largest absolute Gasteiger partial charge is 0.294 e. The Morgan fingerprint density at radius 2 is 1.94 bits per heavy atom. The summed E-state index contributed by atoms with van der Waals surface area (Å²) in [6.45, 7) is 13.2. The summed E-state index contributed by atoms with van der Waals surface area (Å²) in [5.74, 6) is 0.791. The maximum Gasteiger partial charge on any atom is 0.0217 e. The Bertz CT molecular complexity index is 347. The molecule has 0 aromatic carbocycles. The molecule has 2 aliphatic rings. The van der Waals surface area contributed by atoms with Gasteiger partial charge in [0.05, 0.1) is 0 Å². The monoisotopic (exact) mass is 247 g/mol. The van der Waals surface area contributed by atoms with Crippen LogP contribution in [0.2, 0.25) is 0 Å². The summed E-state index contributed by atoms with van der Waals surface area (Å²) in [5.41, 5.74) is 0.583. The number of rotatable bonds is 1. The van der Waals surface area contributed by atoms with E-state index >= 15 is 0 Å². The summed E-state index contributed by atoms with van der Waals surface area (Å²) in [5, 5.41) is 0. The minimum Gasteiger partial charge on any atom is -0.294 e. The van der Waals surface area contributed by atoms with Crippen LogP contribution in [0.5, 0.6) is 0 Å². The van der Waals surface area contributed by atoms with Gasteiger partial charge in [-0.2, -0.15) is 0 Å². The van der Waals surface area contributed by atoms with Gasteiger partial charge in [0.15, 0.2) is 0 Å². The van der Waals surface area contributed by atoms with Crippen molar-refractivity contribution < 1.29 is 0 Å². The summed E-state index contributed by atoms with van der Waals surface area (Å²) in [6, 6.07) is 0.674. The molecule has 1 unspecified atom stereocenters. The zero-order chi connectivity index (χ0) is 13.4. The van der Waals surface area contributed by atoms with Gasteiger partial charge in [-0.05, 0) is 52.5 Å². The lowest BCUT2D eigenvalue weighted by Gasteiger charge is -2.54. The highest BCUT2D eigenvalue weighted by atomic mass is 15.2. The lowest BCUT2D eigenvalue weighted by molar-refractivity contribution is -0.0297. The van der Waals surface area contributed by atoms with Crippen LogP contribution in [-0.2, 0) is 0 Å². The van der Waals surface area contributed by atoms with Crippen molar-refractivity contribution in [1.82, 2.24) is 4.90 Å². The first-order valence-electron chi connectivity index (χ1n) is 7.46. The molecule has 1 fully saturated rings. The minimum absolute atomic E-state index is 0.275. The molecule has 0 saturated carbocycles. The van der Waals surface area contributed by atoms with Crippen LogP contribution in [0.3, 0.4) is 0 Å². The number of allylic oxidation sites excluding steroid dienone is 3. The molecule has 1 heterocycles. The fraction of sp³-hybridized carbons (Fsp3) is 0.765. The summed E-state index contributed by atoms with van der Waals surface area (Å²) < 4.78 is 0. The first kappa shape index (κ1) is 13.9. The molecule has 0 aromatic rings. The zero-order valence-electron chi connectivity index (χ0n) is 12.7. The van der Waals surface area contributed by atoms with Gasteiger partial charge < -0.3 is 0 Å². The van der Waals surface area contributed by atoms with Crippen molar-refractivity contribution in [3.8, 4) is 0 Å². The van der Waals surface area contributed by atoms with E-state index in [2.05, 4.69) is 63.8 Å². The van der Waals surface area contributed by atoms with Gasteiger partial charge in [0, 0.05) is 17.0 Å². The molecule has 102 valence electrons. The Morgan fingerprint density at radius 3 is 2.50 bits per heavy atom. The van der Waals surface area contributed by atoms with Crippen molar-refractivity contribution >= 4 is 0 Å². The number of likely N-dealkylation sites (tertiary alicyclic amines) is 1. The topological polar surface area (TPSA) is 3.24 Å². The molecule has 0 spiro atoms. The Hall–Kier alpha value is -0.560. The van der Waals surface area contributed by atoms with Crippen LogP contribution in [0.4, 0.5) is 0 Å². The Morgan fingerprint density at radius 1 is 1.22 bits per heavy atom. The van der Waals surface area contributed by atoms with Crippen molar-refractivity contribution in [3.05, 3.63) is 24.3 Å². The van der Waals surface area contributed by atoms with E-state index in [1.54, 1.807) is 0 Å². The second-order valence-electron chi connectivity index (χ2n) is 7.43. The second-order valence-corrected chi connectivity index (χ2v) is 7.43. The van der Waals surface area contributed by atoms with Crippen LogP contribution in [0.15, 0.2) is 24.3 Å². The zero-order valence-corrected chi connectivity index (χ0v) is 12.7. The second kappa shape index (κ2) is 4.85. The van der Waals surface area contributed by atoms with Gasteiger partial charge in [-0.3, -0.25) is 4.90 Å². The number of piperidine rings is 1. The average Bonchev–Trinajstić information content (AvgIpc) is 2.28. The number of nitrogens with zero attached hydrogens (tertiary/aromatic N) is 1. The third-order valence-corrected chi connectivity index (χ3v) is 4.75. The van der Waals surface area contributed by atoms with Crippen LogP contribution < -0.4 is 0 Å². The molecular weight excluding hydrogens is 218 g/mol. The molecule has 1 aliphatic heterocycles. The van der Waals surface area contributed by atoms with Crippen LogP contribution >= 0.6 is 0 Å². The van der Waals surface area contributed by atoms with E-state index < -0.39 is 0 Å². The van der Waals surface area contributed by atoms with Crippen molar-refractivity contribution in [1.29, 1.82) is 0 Å². The average molecular weight is 247 g/mol. The summed E-state index contributed by atoms with van der Waals surface area (Å²) in [7, 11) is 0. The third kappa shape index (κ3) is 2.56. The molecule has 0 bridgehead atoms. The molecule has 0 amide bonds. The third-order valence-electron chi connectivity index (χ3n) is 4.75. The van der Waals surface area contributed by atoms with Crippen LogP contribution in [-0.4, -0.2) is 23.0 Å². The number of hydrogen-bond acceptors (Lipinski definition) is 1. The van der Waals surface area contributed by atoms with Gasteiger partial charge in [0.25, 0.3) is 0 Å². The van der Waals surface area contributed by atoms with Gasteiger partial charge in [-0.15, -0.1) is 0 Å². The molecule has 1 nitrogen and oxygen atoms in total. The summed E-state index contributed by atoms with van der Waals surface area (Å²) in [4.78, 5) is 2.75. The van der Waals surface area contributed by atoms with Crippen molar-refractivity contribution in [2.45, 2.75) is 65.5 Å². The fourth-order valence-corrected chi connectivity index (χ4v) is 3.91. The molecule has 18 heavy (non-hydrogen) atoms. The van der Waals surface area contributed by atoms with Gasteiger partial charge in [-0.25, -0.2) is 0 Å². The molecule has 2 rings (SSSR count). The quantitative estimate of drug-likeness (QED) is 0.663. The van der Waals surface area contributed by atoms with E-state index in [0.717, 1.165) is 5.92 Å². The van der Waals surface area contributed by atoms with Crippen LogP contribution in [0.1, 0.15) is 53.9 Å². The van der Waals surface area contributed by atoms with E-state index in [-0.39, 0.29) is 5.54 Å². The Kier molecular flexibility index (Phi) is 3.73. The molecule has 1 heteroatoms. The SMILES string of the molecule is C[C@H]1CCCN(C(C)(C)C)[C@H]1C1(C)C=CC=CC1. The van der Waals surface area contributed by atoms with E-state index in [4.69, 9.17) is 0 Å². The predicted molar refractivity (Wildman–Crippen MR) is 79.6 cm³/mol.